The van der Waals surface area contributed by atoms with Crippen molar-refractivity contribution in [3.8, 4) is 0 Å². The molecule has 0 spiro atoms. The number of hydrogen-bond acceptors (Lipinski definition) is 7. The summed E-state index contributed by atoms with van der Waals surface area (Å²) in [6, 6.07) is 0. The van der Waals surface area contributed by atoms with Gasteiger partial charge in [0.05, 0.1) is 38.8 Å². The molecule has 0 aromatic heterocycles. The summed E-state index contributed by atoms with van der Waals surface area (Å²) < 4.78 is 4.97. The SMILES string of the molecule is O=C(O)CCC(=O)O.OCCCC(O)C(CO)OCCO. The van der Waals surface area contributed by atoms with E-state index in [9.17, 15) is 14.7 Å². The Morgan fingerprint density at radius 1 is 0.952 bits per heavy atom. The molecule has 0 aliphatic rings. The van der Waals surface area contributed by atoms with Gasteiger partial charge in [-0.25, -0.2) is 0 Å². The second-order valence-corrected chi connectivity index (χ2v) is 4.04. The molecule has 0 aliphatic heterocycles. The highest BCUT2D eigenvalue weighted by Gasteiger charge is 2.17. The average molecular weight is 312 g/mol. The quantitative estimate of drug-likeness (QED) is 0.264. The van der Waals surface area contributed by atoms with Gasteiger partial charge in [-0.3, -0.25) is 9.59 Å². The monoisotopic (exact) mass is 312 g/mol. The third-order valence-electron chi connectivity index (χ3n) is 2.24. The number of carboxylic acids is 2. The molecule has 0 aliphatic carbocycles. The highest BCUT2D eigenvalue weighted by atomic mass is 16.5. The molecular formula is C12H24O9. The van der Waals surface area contributed by atoms with E-state index in [1.54, 1.807) is 0 Å². The molecule has 9 nitrogen and oxygen atoms in total. The molecule has 0 radical (unpaired) electrons. The lowest BCUT2D eigenvalue weighted by Crippen LogP contribution is -2.33. The molecule has 0 fully saturated rings. The van der Waals surface area contributed by atoms with E-state index in [4.69, 9.17) is 30.3 Å². The lowest BCUT2D eigenvalue weighted by molar-refractivity contribution is -0.143. The number of hydrogen-bond donors (Lipinski definition) is 6. The summed E-state index contributed by atoms with van der Waals surface area (Å²) in [5.41, 5.74) is 0. The van der Waals surface area contributed by atoms with Gasteiger partial charge in [0.25, 0.3) is 0 Å². The zero-order valence-electron chi connectivity index (χ0n) is 11.7. The smallest absolute Gasteiger partial charge is 0.303 e. The van der Waals surface area contributed by atoms with Gasteiger partial charge in [-0.2, -0.15) is 0 Å². The van der Waals surface area contributed by atoms with Crippen molar-refractivity contribution in [2.45, 2.75) is 37.9 Å². The van der Waals surface area contributed by atoms with Crippen molar-refractivity contribution in [2.75, 3.05) is 26.4 Å². The van der Waals surface area contributed by atoms with E-state index in [1.165, 1.54) is 0 Å². The van der Waals surface area contributed by atoms with Crippen LogP contribution in [0.5, 0.6) is 0 Å². The number of carboxylic acid groups (broad SMARTS) is 2. The maximum Gasteiger partial charge on any atom is 0.303 e. The van der Waals surface area contributed by atoms with Crippen LogP contribution in [0, 0.1) is 0 Å². The predicted molar refractivity (Wildman–Crippen MR) is 70.7 cm³/mol. The molecule has 0 saturated carbocycles. The van der Waals surface area contributed by atoms with Gasteiger partial charge in [-0.05, 0) is 12.8 Å². The van der Waals surface area contributed by atoms with Gasteiger partial charge in [0.15, 0.2) is 0 Å². The lowest BCUT2D eigenvalue weighted by atomic mass is 10.1. The third kappa shape index (κ3) is 16.7. The van der Waals surface area contributed by atoms with Crippen LogP contribution in [0.1, 0.15) is 25.7 Å². The van der Waals surface area contributed by atoms with Crippen molar-refractivity contribution in [1.29, 1.82) is 0 Å². The first-order valence-electron chi connectivity index (χ1n) is 6.44. The summed E-state index contributed by atoms with van der Waals surface area (Å²) in [7, 11) is 0. The van der Waals surface area contributed by atoms with Gasteiger partial charge >= 0.3 is 11.9 Å². The van der Waals surface area contributed by atoms with E-state index in [2.05, 4.69) is 0 Å². The fourth-order valence-corrected chi connectivity index (χ4v) is 1.19. The van der Waals surface area contributed by atoms with Crippen LogP contribution in [0.4, 0.5) is 0 Å². The molecule has 0 bridgehead atoms. The first-order valence-corrected chi connectivity index (χ1v) is 6.44. The molecular weight excluding hydrogens is 288 g/mol. The van der Waals surface area contributed by atoms with E-state index in [-0.39, 0.29) is 39.3 Å². The fourth-order valence-electron chi connectivity index (χ4n) is 1.19. The largest absolute Gasteiger partial charge is 0.481 e. The first kappa shape index (κ1) is 22.0. The van der Waals surface area contributed by atoms with Crippen molar-refractivity contribution in [3.05, 3.63) is 0 Å². The second-order valence-electron chi connectivity index (χ2n) is 4.04. The topological polar surface area (TPSA) is 165 Å². The summed E-state index contributed by atoms with van der Waals surface area (Å²) >= 11 is 0. The van der Waals surface area contributed by atoms with Crippen molar-refractivity contribution >= 4 is 11.9 Å². The zero-order chi connectivity index (χ0) is 16.7. The minimum absolute atomic E-state index is 0.00914. The summed E-state index contributed by atoms with van der Waals surface area (Å²) in [5, 5.41) is 50.9. The number of carbonyl (C=O) groups is 2. The highest BCUT2D eigenvalue weighted by Crippen LogP contribution is 2.05. The van der Waals surface area contributed by atoms with Crippen LogP contribution in [0.15, 0.2) is 0 Å². The van der Waals surface area contributed by atoms with E-state index in [0.29, 0.717) is 12.8 Å². The van der Waals surface area contributed by atoms with Crippen LogP contribution in [0.25, 0.3) is 0 Å². The summed E-state index contributed by atoms with van der Waals surface area (Å²) in [5.74, 6) is -2.15. The van der Waals surface area contributed by atoms with E-state index in [1.807, 2.05) is 0 Å². The Hall–Kier alpha value is -1.26. The van der Waals surface area contributed by atoms with Gasteiger partial charge in [0.2, 0.25) is 0 Å². The van der Waals surface area contributed by atoms with Gasteiger partial charge < -0.3 is 35.4 Å². The molecule has 9 heteroatoms. The molecule has 0 aromatic carbocycles. The number of ether oxygens (including phenoxy) is 1. The average Bonchev–Trinajstić information content (AvgIpc) is 2.44. The molecule has 0 rings (SSSR count). The van der Waals surface area contributed by atoms with E-state index >= 15 is 0 Å². The molecule has 126 valence electrons. The van der Waals surface area contributed by atoms with E-state index in [0.717, 1.165) is 0 Å². The molecule has 2 atom stereocenters. The van der Waals surface area contributed by atoms with Gasteiger partial charge in [0.1, 0.15) is 6.10 Å². The van der Waals surface area contributed by atoms with Crippen molar-refractivity contribution in [3.63, 3.8) is 0 Å². The molecule has 0 amide bonds. The summed E-state index contributed by atoms with van der Waals surface area (Å²) in [6.07, 6.45) is -1.19. The van der Waals surface area contributed by atoms with Crippen LogP contribution in [0.2, 0.25) is 0 Å². The van der Waals surface area contributed by atoms with Crippen molar-refractivity contribution in [2.24, 2.45) is 0 Å². The molecule has 0 saturated heterocycles. The summed E-state index contributed by atoms with van der Waals surface area (Å²) in [6.45, 7) is -0.313. The Labute approximate surface area is 122 Å². The summed E-state index contributed by atoms with van der Waals surface area (Å²) in [4.78, 5) is 19.3. The molecule has 0 aromatic rings. The first-order chi connectivity index (χ1) is 9.88. The van der Waals surface area contributed by atoms with E-state index < -0.39 is 24.1 Å². The van der Waals surface area contributed by atoms with Crippen LogP contribution in [-0.2, 0) is 14.3 Å². The molecule has 0 heterocycles. The lowest BCUT2D eigenvalue weighted by Gasteiger charge is -2.20. The van der Waals surface area contributed by atoms with Crippen molar-refractivity contribution < 1.29 is 45.0 Å². The van der Waals surface area contributed by atoms with Crippen LogP contribution in [0.3, 0.4) is 0 Å². The van der Waals surface area contributed by atoms with Crippen LogP contribution >= 0.6 is 0 Å². The fraction of sp³-hybridized carbons (Fsp3) is 0.833. The number of rotatable bonds is 11. The van der Waals surface area contributed by atoms with Gasteiger partial charge in [0, 0.05) is 6.61 Å². The van der Waals surface area contributed by atoms with Crippen LogP contribution in [-0.4, -0.2) is 81.2 Å². The minimum Gasteiger partial charge on any atom is -0.481 e. The Kier molecular flexibility index (Phi) is 15.9. The standard InChI is InChI=1S/C8H18O5.C4H6O4/c9-3-1-2-7(12)8(6-11)13-5-4-10;5-3(6)1-2-4(7)8/h7-12H,1-6H2;1-2H2,(H,5,6)(H,7,8). The highest BCUT2D eigenvalue weighted by molar-refractivity contribution is 5.75. The number of aliphatic hydroxyl groups is 4. The van der Waals surface area contributed by atoms with Gasteiger partial charge in [-0.1, -0.05) is 0 Å². The van der Waals surface area contributed by atoms with Crippen LogP contribution < -0.4 is 0 Å². The van der Waals surface area contributed by atoms with Crippen molar-refractivity contribution in [1.82, 2.24) is 0 Å². The zero-order valence-corrected chi connectivity index (χ0v) is 11.7. The Morgan fingerprint density at radius 3 is 1.81 bits per heavy atom. The Balaban J connectivity index is 0. The predicted octanol–water partition coefficient (Wildman–Crippen LogP) is -1.57. The number of aliphatic carboxylic acids is 2. The third-order valence-corrected chi connectivity index (χ3v) is 2.24. The molecule has 21 heavy (non-hydrogen) atoms. The van der Waals surface area contributed by atoms with Gasteiger partial charge in [-0.15, -0.1) is 0 Å². The molecule has 6 N–H and O–H groups in total. The maximum absolute atomic E-state index is 9.64. The molecule has 2 unspecified atom stereocenters. The number of aliphatic hydroxyl groups excluding tert-OH is 4. The second kappa shape index (κ2) is 15.1. The maximum atomic E-state index is 9.64. The minimum atomic E-state index is -1.08. The Bertz CT molecular complexity index is 255. The Morgan fingerprint density at radius 2 is 1.48 bits per heavy atom. The normalized spacial score (nSPS) is 13.0.